The summed E-state index contributed by atoms with van der Waals surface area (Å²) in [6, 6.07) is 0. The van der Waals surface area contributed by atoms with Crippen LogP contribution in [-0.4, -0.2) is 145 Å². The molecule has 28 atom stereocenters. The van der Waals surface area contributed by atoms with Crippen LogP contribution >= 0.6 is 0 Å². The first kappa shape index (κ1) is 92.8. The fourth-order valence-corrected chi connectivity index (χ4v) is 18.8. The lowest BCUT2D eigenvalue weighted by atomic mass is 9.78. The topological polar surface area (TPSA) is 316 Å². The van der Waals surface area contributed by atoms with E-state index in [2.05, 4.69) is 0 Å². The average molecular weight is 1490 g/mol. The van der Waals surface area contributed by atoms with Crippen LogP contribution in [-0.2, 0) is 114 Å². The van der Waals surface area contributed by atoms with Crippen molar-refractivity contribution in [3.05, 3.63) is 0 Å². The van der Waals surface area contributed by atoms with Crippen molar-refractivity contribution in [2.24, 2.45) is 118 Å². The standard InChI is InChI=1S/C20H28O6.C19H26O6.C18H26O6.C16H22O6.8CH4/c1-3-10(2)18(21)25-16-12-9-13-15(20(23)26-17(13)16)14(12)19(22)24-11-7-5-4-6-8-11;1-3-9(2)17(20)24-15-11-8-12-14(19(22)25-16(12)15)13(11)18(21)23-10-6-4-5-7-10;1-6-8(2)15(19)22-13-10-7-9-11(16(20)23-14(9)13)12(10)17(21)24-18(3,4)5;1-4-7(3)14(17)21-12-8-6-9-11(16(19)22-13(9)12)10(8)15(18)20-5-2;;;;;;;;/h10-17H,3-9H2,1-2H3;9-16H,3-8H2,1-2H3;8-14H,6-7H2,1-5H3;7-13H,4-6H2,1-3H3;8*1H4. The van der Waals surface area contributed by atoms with Crippen LogP contribution in [0, 0.1) is 118 Å². The largest absolute Gasteiger partial charge is 0.466 e. The molecule has 602 valence electrons. The van der Waals surface area contributed by atoms with Gasteiger partial charge in [-0.1, -0.05) is 121 Å². The summed E-state index contributed by atoms with van der Waals surface area (Å²) in [4.78, 5) is 148. The van der Waals surface area contributed by atoms with E-state index in [0.29, 0.717) is 51.4 Å². The Morgan fingerprint density at radius 2 is 0.590 bits per heavy atom. The Morgan fingerprint density at radius 1 is 0.352 bits per heavy atom. The predicted octanol–water partition coefficient (Wildman–Crippen LogP) is 13.4. The molecule has 14 aliphatic rings. The summed E-state index contributed by atoms with van der Waals surface area (Å²) in [5, 5.41) is 0. The second-order valence-electron chi connectivity index (χ2n) is 31.2. The molecule has 28 unspecified atom stereocenters. The van der Waals surface area contributed by atoms with Crippen molar-refractivity contribution in [1.82, 2.24) is 0 Å². The molecule has 0 aromatic carbocycles. The summed E-state index contributed by atoms with van der Waals surface area (Å²) in [5.74, 6) is -9.31. The number of ether oxygens (including phenoxy) is 12. The highest BCUT2D eigenvalue weighted by molar-refractivity contribution is 5.89. The Labute approximate surface area is 626 Å². The van der Waals surface area contributed by atoms with Crippen molar-refractivity contribution >= 4 is 71.6 Å². The predicted molar refractivity (Wildman–Crippen MR) is 389 cm³/mol. The van der Waals surface area contributed by atoms with Crippen LogP contribution < -0.4 is 0 Å². The molecule has 4 saturated heterocycles. The number of fused-ring (bicyclic) bond motifs is 4. The molecule has 0 aromatic rings. The minimum atomic E-state index is -0.621. The van der Waals surface area contributed by atoms with Gasteiger partial charge in [-0.3, -0.25) is 57.5 Å². The monoisotopic (exact) mass is 1490 g/mol. The van der Waals surface area contributed by atoms with E-state index in [9.17, 15) is 57.5 Å². The van der Waals surface area contributed by atoms with Gasteiger partial charge in [-0.2, -0.15) is 0 Å². The molecule has 14 rings (SSSR count). The Bertz CT molecular complexity index is 3030. The van der Waals surface area contributed by atoms with E-state index in [1.807, 2.05) is 55.4 Å². The first-order valence-electron chi connectivity index (χ1n) is 36.6. The minimum absolute atomic E-state index is 0. The van der Waals surface area contributed by atoms with E-state index in [-0.39, 0.29) is 239 Å². The molecule has 0 spiro atoms. The molecule has 14 fully saturated rings. The highest BCUT2D eigenvalue weighted by Gasteiger charge is 2.74. The molecule has 8 bridgehead atoms. The van der Waals surface area contributed by atoms with Crippen molar-refractivity contribution in [1.29, 1.82) is 0 Å². The van der Waals surface area contributed by atoms with Crippen LogP contribution in [0.4, 0.5) is 0 Å². The van der Waals surface area contributed by atoms with Gasteiger partial charge < -0.3 is 56.8 Å². The van der Waals surface area contributed by atoms with E-state index in [1.54, 1.807) is 27.7 Å². The van der Waals surface area contributed by atoms with Crippen molar-refractivity contribution in [3.8, 4) is 0 Å². The van der Waals surface area contributed by atoms with Crippen LogP contribution in [0.15, 0.2) is 0 Å². The Morgan fingerprint density at radius 3 is 0.829 bits per heavy atom. The van der Waals surface area contributed by atoms with Crippen LogP contribution in [0.1, 0.15) is 252 Å². The van der Waals surface area contributed by atoms with E-state index in [1.165, 1.54) is 6.42 Å². The van der Waals surface area contributed by atoms with Crippen LogP contribution in [0.2, 0.25) is 0 Å². The molecular weight excluding hydrogens is 1360 g/mol. The zero-order chi connectivity index (χ0) is 70.0. The Balaban J connectivity index is 0.000000355. The van der Waals surface area contributed by atoms with Gasteiger partial charge in [-0.25, -0.2) is 0 Å². The Kier molecular flexibility index (Phi) is 33.3. The number of esters is 12. The SMILES string of the molecule is C.C.C.C.C.C.C.C.CCC(C)C(=O)OC1C2CC3C1OC(=O)C3C2C(=O)OC(C)(C)C.CCC(C)C(=O)OC1C2CC3C1OC(=O)C3C2C(=O)OC1CCCC1.CCC(C)C(=O)OC1C2CC3C1OC(=O)C3C2C(=O)OC1CCCCC1.CCOC(=O)C1C2CC3C(OC(=O)C31)C2OC(=O)C(C)CC. The maximum Gasteiger partial charge on any atom is 0.310 e. The van der Waals surface area contributed by atoms with Gasteiger partial charge >= 0.3 is 71.6 Å². The fraction of sp³-hybridized carbons (Fsp3) is 0.852. The number of hydrogen-bond donors (Lipinski definition) is 0. The maximum atomic E-state index is 12.9. The van der Waals surface area contributed by atoms with Crippen molar-refractivity contribution < 1.29 is 114 Å². The summed E-state index contributed by atoms with van der Waals surface area (Å²) in [6.07, 6.45) is 10.9. The quantitative estimate of drug-likeness (QED) is 0.0856. The lowest BCUT2D eigenvalue weighted by Crippen LogP contribution is -2.45. The zero-order valence-corrected chi connectivity index (χ0v) is 58.3. The molecule has 24 heteroatoms. The number of rotatable bonds is 19. The molecule has 105 heavy (non-hydrogen) atoms. The molecule has 10 saturated carbocycles. The van der Waals surface area contributed by atoms with Crippen LogP contribution in [0.5, 0.6) is 0 Å². The number of carbonyl (C=O) groups excluding carboxylic acids is 12. The number of carbonyl (C=O) groups is 12. The van der Waals surface area contributed by atoms with Gasteiger partial charge in [-0.15, -0.1) is 0 Å². The molecule has 4 aliphatic heterocycles. The highest BCUT2D eigenvalue weighted by Crippen LogP contribution is 2.63. The van der Waals surface area contributed by atoms with E-state index in [4.69, 9.17) is 56.8 Å². The normalized spacial score (nSPS) is 36.3. The van der Waals surface area contributed by atoms with Gasteiger partial charge in [0, 0.05) is 47.3 Å². The van der Waals surface area contributed by atoms with E-state index < -0.39 is 83.5 Å². The highest BCUT2D eigenvalue weighted by atomic mass is 16.6. The average Bonchev–Trinajstić information content (AvgIpc) is 1.58. The lowest BCUT2D eigenvalue weighted by molar-refractivity contribution is -0.173. The second-order valence-corrected chi connectivity index (χ2v) is 31.2. The summed E-state index contributed by atoms with van der Waals surface area (Å²) >= 11 is 0. The maximum absolute atomic E-state index is 12.9. The van der Waals surface area contributed by atoms with Gasteiger partial charge in [-0.05, 0) is 130 Å². The third kappa shape index (κ3) is 17.7. The lowest BCUT2D eigenvalue weighted by Gasteiger charge is -2.32. The van der Waals surface area contributed by atoms with E-state index >= 15 is 0 Å². The molecule has 24 nitrogen and oxygen atoms in total. The Hall–Kier alpha value is -6.36. The summed E-state index contributed by atoms with van der Waals surface area (Å²) in [6.45, 7) is 22.4. The summed E-state index contributed by atoms with van der Waals surface area (Å²) in [7, 11) is 0. The van der Waals surface area contributed by atoms with Crippen molar-refractivity contribution in [3.63, 3.8) is 0 Å². The van der Waals surface area contributed by atoms with Gasteiger partial charge in [0.15, 0.2) is 0 Å². The molecular formula is C81H134O24. The summed E-state index contributed by atoms with van der Waals surface area (Å²) in [5.41, 5.74) is -0.621. The third-order valence-electron chi connectivity index (χ3n) is 24.5. The molecule has 0 N–H and O–H groups in total. The van der Waals surface area contributed by atoms with E-state index in [0.717, 1.165) is 51.4 Å². The van der Waals surface area contributed by atoms with Crippen molar-refractivity contribution in [2.45, 2.75) is 318 Å². The molecule has 4 heterocycles. The summed E-state index contributed by atoms with van der Waals surface area (Å²) < 4.78 is 66.6. The third-order valence-corrected chi connectivity index (χ3v) is 24.5. The molecule has 0 amide bonds. The first-order valence-corrected chi connectivity index (χ1v) is 36.6. The second kappa shape index (κ2) is 37.6. The first-order chi connectivity index (χ1) is 46.1. The fourth-order valence-electron chi connectivity index (χ4n) is 18.8. The van der Waals surface area contributed by atoms with Gasteiger partial charge in [0.2, 0.25) is 0 Å². The van der Waals surface area contributed by atoms with Crippen molar-refractivity contribution in [2.75, 3.05) is 6.61 Å². The zero-order valence-electron chi connectivity index (χ0n) is 58.3. The molecule has 0 aromatic heterocycles. The smallest absolute Gasteiger partial charge is 0.310 e. The van der Waals surface area contributed by atoms with Crippen LogP contribution in [0.3, 0.4) is 0 Å². The number of hydrogen-bond acceptors (Lipinski definition) is 24. The van der Waals surface area contributed by atoms with Gasteiger partial charge in [0.25, 0.3) is 0 Å². The molecule has 10 aliphatic carbocycles. The van der Waals surface area contributed by atoms with Gasteiger partial charge in [0.1, 0.15) is 66.6 Å². The van der Waals surface area contributed by atoms with Crippen LogP contribution in [0.25, 0.3) is 0 Å². The van der Waals surface area contributed by atoms with Gasteiger partial charge in [0.05, 0.1) is 77.6 Å². The molecule has 0 radical (unpaired) electrons. The minimum Gasteiger partial charge on any atom is -0.466 e.